The van der Waals surface area contributed by atoms with Crippen LogP contribution in [-0.4, -0.2) is 17.4 Å². The first-order valence-electron chi connectivity index (χ1n) is 5.20. The quantitative estimate of drug-likeness (QED) is 0.937. The Morgan fingerprint density at radius 1 is 1.67 bits per heavy atom. The van der Waals surface area contributed by atoms with E-state index in [1.165, 1.54) is 11.3 Å². The molecule has 94 valence electrons. The average molecular weight is 283 g/mol. The van der Waals surface area contributed by atoms with E-state index in [-0.39, 0.29) is 12.5 Å². The molecule has 0 aliphatic rings. The maximum absolute atomic E-state index is 11.9. The molecule has 0 saturated carbocycles. The Labute approximate surface area is 113 Å². The molecule has 0 aromatic carbocycles. The molecule has 0 radical (unpaired) electrons. The molecule has 1 amide bonds. The van der Waals surface area contributed by atoms with E-state index in [0.717, 1.165) is 4.88 Å². The SMILES string of the molecule is C=C(Cl)CNC(=O)c1nc(-c2ccco2)sc1C. The lowest BCUT2D eigenvalue weighted by Crippen LogP contribution is -2.25. The molecule has 0 fully saturated rings. The lowest BCUT2D eigenvalue weighted by molar-refractivity contribution is 0.0953. The Bertz CT molecular complexity index is 575. The number of carbonyl (C=O) groups excluding carboxylic acids is 1. The van der Waals surface area contributed by atoms with Gasteiger partial charge < -0.3 is 9.73 Å². The Kier molecular flexibility index (Phi) is 3.84. The summed E-state index contributed by atoms with van der Waals surface area (Å²) in [6.45, 7) is 5.58. The van der Waals surface area contributed by atoms with E-state index < -0.39 is 0 Å². The first-order valence-corrected chi connectivity index (χ1v) is 6.40. The summed E-state index contributed by atoms with van der Waals surface area (Å²) in [7, 11) is 0. The molecule has 0 bridgehead atoms. The van der Waals surface area contributed by atoms with Crippen molar-refractivity contribution in [3.8, 4) is 10.8 Å². The molecule has 2 heterocycles. The Balaban J connectivity index is 2.19. The molecule has 0 aliphatic heterocycles. The summed E-state index contributed by atoms with van der Waals surface area (Å²) in [5, 5.41) is 3.71. The van der Waals surface area contributed by atoms with Crippen molar-refractivity contribution in [1.82, 2.24) is 10.3 Å². The van der Waals surface area contributed by atoms with Crippen LogP contribution in [0, 0.1) is 6.92 Å². The van der Waals surface area contributed by atoms with Crippen LogP contribution >= 0.6 is 22.9 Å². The predicted octanol–water partition coefficient (Wildman–Crippen LogP) is 3.19. The summed E-state index contributed by atoms with van der Waals surface area (Å²) in [4.78, 5) is 17.0. The van der Waals surface area contributed by atoms with Gasteiger partial charge in [0, 0.05) is 9.91 Å². The van der Waals surface area contributed by atoms with Crippen molar-refractivity contribution in [2.45, 2.75) is 6.92 Å². The minimum absolute atomic E-state index is 0.230. The highest BCUT2D eigenvalue weighted by atomic mass is 35.5. The van der Waals surface area contributed by atoms with Gasteiger partial charge in [0.15, 0.2) is 10.8 Å². The van der Waals surface area contributed by atoms with Crippen LogP contribution in [0.2, 0.25) is 0 Å². The predicted molar refractivity (Wildman–Crippen MR) is 71.9 cm³/mol. The molecule has 2 aromatic heterocycles. The fourth-order valence-corrected chi connectivity index (χ4v) is 2.32. The fraction of sp³-hybridized carbons (Fsp3) is 0.167. The molecule has 2 rings (SSSR count). The van der Waals surface area contributed by atoms with Crippen molar-refractivity contribution in [2.24, 2.45) is 0 Å². The number of nitrogens with one attached hydrogen (secondary N) is 1. The summed E-state index contributed by atoms with van der Waals surface area (Å²) in [5.41, 5.74) is 0.393. The second-order valence-corrected chi connectivity index (χ2v) is 5.34. The number of hydrogen-bond donors (Lipinski definition) is 1. The molecule has 4 nitrogen and oxygen atoms in total. The number of carbonyl (C=O) groups is 1. The third-order valence-corrected chi connectivity index (χ3v) is 3.30. The largest absolute Gasteiger partial charge is 0.462 e. The van der Waals surface area contributed by atoms with Crippen LogP contribution in [0.25, 0.3) is 10.8 Å². The van der Waals surface area contributed by atoms with Crippen molar-refractivity contribution in [1.29, 1.82) is 0 Å². The highest BCUT2D eigenvalue weighted by Gasteiger charge is 2.17. The third kappa shape index (κ3) is 2.80. The summed E-state index contributed by atoms with van der Waals surface area (Å²) in [5.74, 6) is 0.396. The number of hydrogen-bond acceptors (Lipinski definition) is 4. The Morgan fingerprint density at radius 3 is 3.06 bits per heavy atom. The molecule has 0 unspecified atom stereocenters. The minimum Gasteiger partial charge on any atom is -0.462 e. The van der Waals surface area contributed by atoms with Gasteiger partial charge in [-0.1, -0.05) is 18.2 Å². The molecular weight excluding hydrogens is 272 g/mol. The van der Waals surface area contributed by atoms with Gasteiger partial charge in [-0.3, -0.25) is 4.79 Å². The van der Waals surface area contributed by atoms with E-state index in [9.17, 15) is 4.79 Å². The molecule has 18 heavy (non-hydrogen) atoms. The molecule has 0 aliphatic carbocycles. The van der Waals surface area contributed by atoms with E-state index in [1.54, 1.807) is 18.4 Å². The number of rotatable bonds is 4. The molecule has 0 saturated heterocycles. The monoisotopic (exact) mass is 282 g/mol. The summed E-state index contributed by atoms with van der Waals surface area (Å²) in [6.07, 6.45) is 1.57. The van der Waals surface area contributed by atoms with Gasteiger partial charge in [0.1, 0.15) is 5.69 Å². The second kappa shape index (κ2) is 5.37. The number of thiazole rings is 1. The van der Waals surface area contributed by atoms with Gasteiger partial charge in [0.2, 0.25) is 0 Å². The lowest BCUT2D eigenvalue weighted by atomic mass is 10.3. The number of halogens is 1. The first-order chi connectivity index (χ1) is 8.58. The number of aryl methyl sites for hydroxylation is 1. The van der Waals surface area contributed by atoms with Crippen LogP contribution in [0.1, 0.15) is 15.4 Å². The summed E-state index contributed by atoms with van der Waals surface area (Å²) < 4.78 is 5.25. The van der Waals surface area contributed by atoms with Gasteiger partial charge in [-0.25, -0.2) is 4.98 Å². The highest BCUT2D eigenvalue weighted by molar-refractivity contribution is 7.15. The van der Waals surface area contributed by atoms with Gasteiger partial charge in [-0.05, 0) is 19.1 Å². The third-order valence-electron chi connectivity index (χ3n) is 2.18. The van der Waals surface area contributed by atoms with E-state index in [0.29, 0.717) is 21.5 Å². The second-order valence-electron chi connectivity index (χ2n) is 3.60. The van der Waals surface area contributed by atoms with Crippen LogP contribution < -0.4 is 5.32 Å². The standard InChI is InChI=1S/C12H11ClN2O2S/c1-7(13)6-14-11(16)10-8(2)18-12(15-10)9-4-3-5-17-9/h3-5H,1,6H2,2H3,(H,14,16). The molecule has 6 heteroatoms. The Hall–Kier alpha value is -1.59. The van der Waals surface area contributed by atoms with Crippen LogP contribution in [-0.2, 0) is 0 Å². The first kappa shape index (κ1) is 12.9. The van der Waals surface area contributed by atoms with Gasteiger partial charge in [-0.2, -0.15) is 0 Å². The number of aromatic nitrogens is 1. The van der Waals surface area contributed by atoms with Crippen molar-refractivity contribution in [3.63, 3.8) is 0 Å². The van der Waals surface area contributed by atoms with Crippen LogP contribution in [0.4, 0.5) is 0 Å². The number of nitrogens with zero attached hydrogens (tertiary/aromatic N) is 1. The fourth-order valence-electron chi connectivity index (χ4n) is 1.37. The summed E-state index contributed by atoms with van der Waals surface area (Å²) >= 11 is 7.01. The van der Waals surface area contributed by atoms with Crippen LogP contribution in [0.3, 0.4) is 0 Å². The molecular formula is C12H11ClN2O2S. The van der Waals surface area contributed by atoms with Crippen LogP contribution in [0.5, 0.6) is 0 Å². The average Bonchev–Trinajstić information content (AvgIpc) is 2.94. The highest BCUT2D eigenvalue weighted by Crippen LogP contribution is 2.27. The topological polar surface area (TPSA) is 55.1 Å². The van der Waals surface area contributed by atoms with Crippen molar-refractivity contribution >= 4 is 28.8 Å². The summed E-state index contributed by atoms with van der Waals surface area (Å²) in [6, 6.07) is 3.59. The van der Waals surface area contributed by atoms with Crippen molar-refractivity contribution in [3.05, 3.63) is 40.6 Å². The van der Waals surface area contributed by atoms with Gasteiger partial charge >= 0.3 is 0 Å². The molecule has 0 atom stereocenters. The zero-order valence-corrected chi connectivity index (χ0v) is 11.3. The lowest BCUT2D eigenvalue weighted by Gasteiger charge is -2.01. The molecule has 2 aromatic rings. The maximum atomic E-state index is 11.9. The zero-order valence-electron chi connectivity index (χ0n) is 9.70. The number of amides is 1. The minimum atomic E-state index is -0.261. The van der Waals surface area contributed by atoms with Gasteiger partial charge in [-0.15, -0.1) is 11.3 Å². The van der Waals surface area contributed by atoms with E-state index in [2.05, 4.69) is 16.9 Å². The number of furan rings is 1. The van der Waals surface area contributed by atoms with E-state index >= 15 is 0 Å². The van der Waals surface area contributed by atoms with Crippen molar-refractivity contribution < 1.29 is 9.21 Å². The smallest absolute Gasteiger partial charge is 0.271 e. The van der Waals surface area contributed by atoms with Gasteiger partial charge in [0.05, 0.1) is 12.8 Å². The van der Waals surface area contributed by atoms with E-state index in [4.69, 9.17) is 16.0 Å². The normalized spacial score (nSPS) is 10.3. The zero-order chi connectivity index (χ0) is 13.1. The molecule has 0 spiro atoms. The van der Waals surface area contributed by atoms with Crippen LogP contribution in [0.15, 0.2) is 34.4 Å². The molecule has 1 N–H and O–H groups in total. The Morgan fingerprint density at radius 2 is 2.44 bits per heavy atom. The van der Waals surface area contributed by atoms with Gasteiger partial charge in [0.25, 0.3) is 5.91 Å². The van der Waals surface area contributed by atoms with Crippen molar-refractivity contribution in [2.75, 3.05) is 6.54 Å². The maximum Gasteiger partial charge on any atom is 0.271 e. The van der Waals surface area contributed by atoms with E-state index in [1.807, 2.05) is 6.92 Å².